The van der Waals surface area contributed by atoms with Crippen molar-refractivity contribution in [2.24, 2.45) is 0 Å². The van der Waals surface area contributed by atoms with Crippen molar-refractivity contribution < 1.29 is 19.1 Å². The van der Waals surface area contributed by atoms with E-state index in [0.29, 0.717) is 30.2 Å². The van der Waals surface area contributed by atoms with E-state index in [1.807, 2.05) is 12.1 Å². The number of benzene rings is 2. The van der Waals surface area contributed by atoms with Crippen LogP contribution in [0.3, 0.4) is 0 Å². The average Bonchev–Trinajstić information content (AvgIpc) is 2.74. The fraction of sp³-hybridized carbons (Fsp3) is 0.391. The molecule has 0 heterocycles. The molecule has 3 rings (SSSR count). The van der Waals surface area contributed by atoms with Crippen molar-refractivity contribution in [3.05, 3.63) is 59.2 Å². The van der Waals surface area contributed by atoms with Crippen molar-refractivity contribution in [3.63, 3.8) is 0 Å². The number of nitrogens with one attached hydrogen (secondary N) is 2. The number of methoxy groups -OCH3 is 1. The van der Waals surface area contributed by atoms with Gasteiger partial charge in [-0.2, -0.15) is 0 Å². The molecule has 0 spiro atoms. The summed E-state index contributed by atoms with van der Waals surface area (Å²) < 4.78 is 10.8. The lowest BCUT2D eigenvalue weighted by Crippen LogP contribution is -2.32. The van der Waals surface area contributed by atoms with E-state index in [-0.39, 0.29) is 11.8 Å². The van der Waals surface area contributed by atoms with Gasteiger partial charge in [-0.25, -0.2) is 0 Å². The zero-order valence-corrected chi connectivity index (χ0v) is 17.0. The van der Waals surface area contributed by atoms with E-state index in [9.17, 15) is 9.59 Å². The number of anilines is 1. The SMILES string of the molecule is COCCNC(=O)c1ccccc1NC(=O)[C@@H](C)Oc1ccc2c(c1)CCCC2. The van der Waals surface area contributed by atoms with Gasteiger partial charge < -0.3 is 20.1 Å². The quantitative estimate of drug-likeness (QED) is 0.671. The third kappa shape index (κ3) is 5.57. The summed E-state index contributed by atoms with van der Waals surface area (Å²) in [6, 6.07) is 13.0. The maximum Gasteiger partial charge on any atom is 0.265 e. The summed E-state index contributed by atoms with van der Waals surface area (Å²) in [4.78, 5) is 25.0. The van der Waals surface area contributed by atoms with Crippen molar-refractivity contribution in [2.45, 2.75) is 38.7 Å². The van der Waals surface area contributed by atoms with Crippen molar-refractivity contribution in [3.8, 4) is 5.75 Å². The highest BCUT2D eigenvalue weighted by Gasteiger charge is 2.19. The topological polar surface area (TPSA) is 76.7 Å². The lowest BCUT2D eigenvalue weighted by atomic mass is 9.92. The number of amides is 2. The van der Waals surface area contributed by atoms with Crippen LogP contribution in [0, 0.1) is 0 Å². The van der Waals surface area contributed by atoms with Gasteiger partial charge in [-0.15, -0.1) is 0 Å². The van der Waals surface area contributed by atoms with Crippen LogP contribution in [-0.4, -0.2) is 38.2 Å². The van der Waals surface area contributed by atoms with Crippen LogP contribution in [0.15, 0.2) is 42.5 Å². The monoisotopic (exact) mass is 396 g/mol. The van der Waals surface area contributed by atoms with Crippen molar-refractivity contribution in [2.75, 3.05) is 25.6 Å². The minimum atomic E-state index is -0.693. The Balaban J connectivity index is 1.63. The van der Waals surface area contributed by atoms with Gasteiger partial charge in [0.05, 0.1) is 17.9 Å². The van der Waals surface area contributed by atoms with Gasteiger partial charge in [0.25, 0.3) is 11.8 Å². The summed E-state index contributed by atoms with van der Waals surface area (Å²) in [5, 5.41) is 5.57. The van der Waals surface area contributed by atoms with E-state index in [1.54, 1.807) is 38.3 Å². The molecule has 2 aromatic carbocycles. The van der Waals surface area contributed by atoms with Crippen molar-refractivity contribution in [1.29, 1.82) is 0 Å². The Morgan fingerprint density at radius 2 is 1.83 bits per heavy atom. The normalized spacial score (nSPS) is 13.9. The maximum absolute atomic E-state index is 12.7. The van der Waals surface area contributed by atoms with Crippen molar-refractivity contribution in [1.82, 2.24) is 5.32 Å². The Hall–Kier alpha value is -2.86. The summed E-state index contributed by atoms with van der Waals surface area (Å²) >= 11 is 0. The van der Waals surface area contributed by atoms with Gasteiger partial charge >= 0.3 is 0 Å². The molecule has 0 fully saturated rings. The molecule has 2 aromatic rings. The minimum absolute atomic E-state index is 0.263. The highest BCUT2D eigenvalue weighted by atomic mass is 16.5. The second-order valence-corrected chi connectivity index (χ2v) is 7.18. The molecule has 0 radical (unpaired) electrons. The molecule has 6 nitrogen and oxygen atoms in total. The Bertz CT molecular complexity index is 866. The molecular weight excluding hydrogens is 368 g/mol. The second kappa shape index (κ2) is 10.1. The van der Waals surface area contributed by atoms with E-state index in [2.05, 4.69) is 16.7 Å². The first-order valence-electron chi connectivity index (χ1n) is 10.0. The second-order valence-electron chi connectivity index (χ2n) is 7.18. The Kier molecular flexibility index (Phi) is 7.25. The molecule has 1 aliphatic rings. The van der Waals surface area contributed by atoms with Gasteiger partial charge in [0, 0.05) is 13.7 Å². The average molecular weight is 396 g/mol. The number of hydrogen-bond donors (Lipinski definition) is 2. The smallest absolute Gasteiger partial charge is 0.265 e. The number of hydrogen-bond acceptors (Lipinski definition) is 4. The Labute approximate surface area is 171 Å². The largest absolute Gasteiger partial charge is 0.481 e. The molecule has 1 atom stereocenters. The van der Waals surface area contributed by atoms with Crippen molar-refractivity contribution >= 4 is 17.5 Å². The molecule has 6 heteroatoms. The number of fused-ring (bicyclic) bond motifs is 1. The molecule has 1 aliphatic carbocycles. The maximum atomic E-state index is 12.7. The molecule has 0 saturated carbocycles. The zero-order valence-electron chi connectivity index (χ0n) is 17.0. The third-order valence-electron chi connectivity index (χ3n) is 5.02. The van der Waals surface area contributed by atoms with E-state index in [4.69, 9.17) is 9.47 Å². The zero-order chi connectivity index (χ0) is 20.6. The molecule has 0 aliphatic heterocycles. The van der Waals surface area contributed by atoms with E-state index in [0.717, 1.165) is 12.8 Å². The molecule has 0 bridgehead atoms. The van der Waals surface area contributed by atoms with Crippen LogP contribution in [-0.2, 0) is 22.4 Å². The first kappa shape index (κ1) is 20.9. The van der Waals surface area contributed by atoms with Gasteiger partial charge in [0.1, 0.15) is 5.75 Å². The van der Waals surface area contributed by atoms with Crippen LogP contribution in [0.25, 0.3) is 0 Å². The van der Waals surface area contributed by atoms with Gasteiger partial charge in [0.2, 0.25) is 0 Å². The summed E-state index contributed by atoms with van der Waals surface area (Å²) in [7, 11) is 1.57. The van der Waals surface area contributed by atoms with E-state index in [1.165, 1.54) is 24.0 Å². The molecule has 0 unspecified atom stereocenters. The number of rotatable bonds is 8. The van der Waals surface area contributed by atoms with Gasteiger partial charge in [-0.05, 0) is 68.0 Å². The summed E-state index contributed by atoms with van der Waals surface area (Å²) in [5.74, 6) is 0.125. The van der Waals surface area contributed by atoms with E-state index < -0.39 is 6.10 Å². The molecule has 154 valence electrons. The fourth-order valence-corrected chi connectivity index (χ4v) is 3.43. The highest BCUT2D eigenvalue weighted by Crippen LogP contribution is 2.26. The van der Waals surface area contributed by atoms with Crippen LogP contribution in [0.4, 0.5) is 5.69 Å². The van der Waals surface area contributed by atoms with Gasteiger partial charge in [0.15, 0.2) is 6.10 Å². The number of ether oxygens (including phenoxy) is 2. The number of carbonyl (C=O) groups excluding carboxylic acids is 2. The summed E-state index contributed by atoms with van der Waals surface area (Å²) in [6.45, 7) is 2.53. The standard InChI is InChI=1S/C23H28N2O4/c1-16(29-19-12-11-17-7-3-4-8-18(17)15-19)22(26)25-21-10-6-5-9-20(21)23(27)24-13-14-28-2/h5-6,9-12,15-16H,3-4,7-8,13-14H2,1-2H3,(H,24,27)(H,25,26)/t16-/m1/s1. The first-order chi connectivity index (χ1) is 14.1. The lowest BCUT2D eigenvalue weighted by Gasteiger charge is -2.19. The predicted octanol–water partition coefficient (Wildman–Crippen LogP) is 3.35. The van der Waals surface area contributed by atoms with Crippen LogP contribution in [0.1, 0.15) is 41.3 Å². The van der Waals surface area contributed by atoms with Crippen LogP contribution >= 0.6 is 0 Å². The Morgan fingerprint density at radius 1 is 1.07 bits per heavy atom. The number of aryl methyl sites for hydroxylation is 2. The lowest BCUT2D eigenvalue weighted by molar-refractivity contribution is -0.122. The van der Waals surface area contributed by atoms with Crippen LogP contribution in [0.5, 0.6) is 5.75 Å². The molecular formula is C23H28N2O4. The summed E-state index contributed by atoms with van der Waals surface area (Å²) in [6.07, 6.45) is 3.88. The predicted molar refractivity (Wildman–Crippen MR) is 112 cm³/mol. The molecule has 29 heavy (non-hydrogen) atoms. The van der Waals surface area contributed by atoms with E-state index >= 15 is 0 Å². The molecule has 0 saturated heterocycles. The van der Waals surface area contributed by atoms with Crippen LogP contribution in [0.2, 0.25) is 0 Å². The molecule has 0 aromatic heterocycles. The molecule has 2 N–H and O–H groups in total. The van der Waals surface area contributed by atoms with Gasteiger partial charge in [-0.1, -0.05) is 18.2 Å². The van der Waals surface area contributed by atoms with Crippen LogP contribution < -0.4 is 15.4 Å². The number of carbonyl (C=O) groups is 2. The summed E-state index contributed by atoms with van der Waals surface area (Å²) in [5.41, 5.74) is 3.53. The van der Waals surface area contributed by atoms with Gasteiger partial charge in [-0.3, -0.25) is 9.59 Å². The fourth-order valence-electron chi connectivity index (χ4n) is 3.43. The highest BCUT2D eigenvalue weighted by molar-refractivity contribution is 6.04. The first-order valence-corrected chi connectivity index (χ1v) is 10.0. The minimum Gasteiger partial charge on any atom is -0.481 e. The number of para-hydroxylation sites is 1. The molecule has 2 amide bonds. The third-order valence-corrected chi connectivity index (χ3v) is 5.02. The Morgan fingerprint density at radius 3 is 2.62 bits per heavy atom.